The van der Waals surface area contributed by atoms with Gasteiger partial charge in [0.25, 0.3) is 0 Å². The average Bonchev–Trinajstić information content (AvgIpc) is 3.06. The van der Waals surface area contributed by atoms with Crippen LogP contribution in [-0.2, 0) is 0 Å². The van der Waals surface area contributed by atoms with Crippen LogP contribution < -0.4 is 15.4 Å². The van der Waals surface area contributed by atoms with Gasteiger partial charge in [0.05, 0.1) is 11.6 Å². The third kappa shape index (κ3) is 2.68. The van der Waals surface area contributed by atoms with Gasteiger partial charge in [-0.1, -0.05) is 18.2 Å². The first-order valence-electron chi connectivity index (χ1n) is 6.25. The smallest absolute Gasteiger partial charge is 0.338 e. The molecule has 1 aliphatic heterocycles. The van der Waals surface area contributed by atoms with E-state index >= 15 is 0 Å². The van der Waals surface area contributed by atoms with Gasteiger partial charge in [-0.05, 0) is 17.5 Å². The Hall–Kier alpha value is -2.54. The number of amides is 2. The fourth-order valence-corrected chi connectivity index (χ4v) is 2.93. The highest BCUT2D eigenvalue weighted by atomic mass is 32.1. The predicted octanol–water partition coefficient (Wildman–Crippen LogP) is 2.70. The van der Waals surface area contributed by atoms with Gasteiger partial charge in [-0.15, -0.1) is 11.3 Å². The molecule has 1 atom stereocenters. The van der Waals surface area contributed by atoms with Crippen molar-refractivity contribution in [1.82, 2.24) is 5.32 Å². The summed E-state index contributed by atoms with van der Waals surface area (Å²) in [6, 6.07) is 8.24. The highest BCUT2D eigenvalue weighted by Gasteiger charge is 2.25. The molecule has 0 saturated heterocycles. The molecule has 0 fully saturated rings. The summed E-state index contributed by atoms with van der Waals surface area (Å²) in [6.45, 7) is 0.364. The standard InChI is InChI=1S/C14H12N2O4S/c17-13(18)9-5-6-21-12(9)16-14(19)15-10-7-20-11-4-2-1-3-8(10)11/h1-6,10H,7H2,(H,17,18)(H2,15,16,19). The third-order valence-corrected chi connectivity index (χ3v) is 3.96. The van der Waals surface area contributed by atoms with Crippen molar-refractivity contribution in [3.8, 4) is 5.75 Å². The van der Waals surface area contributed by atoms with E-state index in [-0.39, 0.29) is 11.6 Å². The van der Waals surface area contributed by atoms with Gasteiger partial charge in [-0.2, -0.15) is 0 Å². The zero-order chi connectivity index (χ0) is 14.8. The van der Waals surface area contributed by atoms with Crippen molar-refractivity contribution in [2.24, 2.45) is 0 Å². The predicted molar refractivity (Wildman–Crippen MR) is 78.1 cm³/mol. The number of para-hydroxylation sites is 1. The highest BCUT2D eigenvalue weighted by Crippen LogP contribution is 2.31. The van der Waals surface area contributed by atoms with Gasteiger partial charge in [-0.3, -0.25) is 5.32 Å². The molecule has 2 heterocycles. The zero-order valence-electron chi connectivity index (χ0n) is 10.8. The quantitative estimate of drug-likeness (QED) is 0.813. The van der Waals surface area contributed by atoms with Crippen molar-refractivity contribution in [2.75, 3.05) is 11.9 Å². The van der Waals surface area contributed by atoms with Crippen molar-refractivity contribution in [3.05, 3.63) is 46.8 Å². The topological polar surface area (TPSA) is 87.7 Å². The number of fused-ring (bicyclic) bond motifs is 1. The van der Waals surface area contributed by atoms with Gasteiger partial charge >= 0.3 is 12.0 Å². The molecule has 21 heavy (non-hydrogen) atoms. The summed E-state index contributed by atoms with van der Waals surface area (Å²) < 4.78 is 5.48. The summed E-state index contributed by atoms with van der Waals surface area (Å²) in [6.07, 6.45) is 0. The minimum absolute atomic E-state index is 0.0817. The summed E-state index contributed by atoms with van der Waals surface area (Å²) in [5, 5.41) is 16.3. The molecule has 3 rings (SSSR count). The molecule has 0 spiro atoms. The van der Waals surface area contributed by atoms with E-state index in [2.05, 4.69) is 10.6 Å². The van der Waals surface area contributed by atoms with Gasteiger partial charge in [-0.25, -0.2) is 9.59 Å². The largest absolute Gasteiger partial charge is 0.491 e. The van der Waals surface area contributed by atoms with Crippen LogP contribution in [0.5, 0.6) is 5.75 Å². The first-order valence-corrected chi connectivity index (χ1v) is 7.13. The molecule has 6 nitrogen and oxygen atoms in total. The zero-order valence-corrected chi connectivity index (χ0v) is 11.6. The second-order valence-corrected chi connectivity index (χ2v) is 5.38. The monoisotopic (exact) mass is 304 g/mol. The van der Waals surface area contributed by atoms with E-state index in [9.17, 15) is 9.59 Å². The Kier molecular flexibility index (Phi) is 3.49. The number of ether oxygens (including phenoxy) is 1. The van der Waals surface area contributed by atoms with Crippen molar-refractivity contribution in [1.29, 1.82) is 0 Å². The van der Waals surface area contributed by atoms with E-state index in [1.54, 1.807) is 5.38 Å². The Morgan fingerprint density at radius 3 is 2.90 bits per heavy atom. The Morgan fingerprint density at radius 2 is 2.10 bits per heavy atom. The van der Waals surface area contributed by atoms with Crippen LogP contribution in [0, 0.1) is 0 Å². The summed E-state index contributed by atoms with van der Waals surface area (Å²) in [4.78, 5) is 23.0. The van der Waals surface area contributed by atoms with Crippen molar-refractivity contribution < 1.29 is 19.4 Å². The molecule has 0 bridgehead atoms. The molecule has 1 aliphatic rings. The molecule has 3 N–H and O–H groups in total. The maximum atomic E-state index is 12.0. The number of rotatable bonds is 3. The number of benzene rings is 1. The van der Waals surface area contributed by atoms with Crippen molar-refractivity contribution >= 4 is 28.3 Å². The molecule has 0 aliphatic carbocycles. The van der Waals surface area contributed by atoms with Crippen LogP contribution in [0.3, 0.4) is 0 Å². The van der Waals surface area contributed by atoms with Crippen LogP contribution in [0.2, 0.25) is 0 Å². The summed E-state index contributed by atoms with van der Waals surface area (Å²) in [5.74, 6) is -0.314. The number of thiophene rings is 1. The molecule has 1 aromatic heterocycles. The molecular weight excluding hydrogens is 292 g/mol. The Bertz CT molecular complexity index is 698. The lowest BCUT2D eigenvalue weighted by Gasteiger charge is -2.12. The Morgan fingerprint density at radius 1 is 1.29 bits per heavy atom. The first-order chi connectivity index (χ1) is 10.1. The van der Waals surface area contributed by atoms with Crippen LogP contribution in [0.1, 0.15) is 22.0 Å². The van der Waals surface area contributed by atoms with E-state index in [1.165, 1.54) is 17.4 Å². The van der Waals surface area contributed by atoms with Gasteiger partial charge in [0.1, 0.15) is 17.4 Å². The summed E-state index contributed by atoms with van der Waals surface area (Å²) >= 11 is 1.17. The lowest BCUT2D eigenvalue weighted by atomic mass is 10.1. The maximum Gasteiger partial charge on any atom is 0.338 e. The van der Waals surface area contributed by atoms with Crippen molar-refractivity contribution in [3.63, 3.8) is 0 Å². The van der Waals surface area contributed by atoms with Crippen LogP contribution in [0.25, 0.3) is 0 Å². The fraction of sp³-hybridized carbons (Fsp3) is 0.143. The minimum atomic E-state index is -1.07. The molecule has 1 aromatic carbocycles. The van der Waals surface area contributed by atoms with Crippen LogP contribution in [-0.4, -0.2) is 23.7 Å². The lowest BCUT2D eigenvalue weighted by molar-refractivity contribution is 0.0698. The van der Waals surface area contributed by atoms with Crippen LogP contribution >= 0.6 is 11.3 Å². The fourth-order valence-electron chi connectivity index (χ4n) is 2.15. The number of carbonyl (C=O) groups excluding carboxylic acids is 1. The van der Waals surface area contributed by atoms with Gasteiger partial charge < -0.3 is 15.2 Å². The Labute approximate surface area is 124 Å². The molecule has 0 saturated carbocycles. The number of carbonyl (C=O) groups is 2. The normalized spacial score (nSPS) is 15.9. The van der Waals surface area contributed by atoms with E-state index in [0.717, 1.165) is 11.3 Å². The molecule has 2 aromatic rings. The number of hydrogen-bond acceptors (Lipinski definition) is 4. The van der Waals surface area contributed by atoms with Gasteiger partial charge in [0.2, 0.25) is 0 Å². The Balaban J connectivity index is 1.68. The minimum Gasteiger partial charge on any atom is -0.491 e. The summed E-state index contributed by atoms with van der Waals surface area (Å²) in [7, 11) is 0. The van der Waals surface area contributed by atoms with Crippen LogP contribution in [0.4, 0.5) is 9.80 Å². The number of nitrogens with one attached hydrogen (secondary N) is 2. The molecular formula is C14H12N2O4S. The lowest BCUT2D eigenvalue weighted by Crippen LogP contribution is -2.33. The summed E-state index contributed by atoms with van der Waals surface area (Å²) in [5.41, 5.74) is 0.996. The average molecular weight is 304 g/mol. The SMILES string of the molecule is O=C(Nc1sccc1C(=O)O)NC1COc2ccccc21. The van der Waals surface area contributed by atoms with E-state index < -0.39 is 12.0 Å². The molecule has 108 valence electrons. The maximum absolute atomic E-state index is 12.0. The van der Waals surface area contributed by atoms with E-state index in [1.807, 2.05) is 24.3 Å². The van der Waals surface area contributed by atoms with Crippen molar-refractivity contribution in [2.45, 2.75) is 6.04 Å². The highest BCUT2D eigenvalue weighted by molar-refractivity contribution is 7.14. The number of urea groups is 1. The second kappa shape index (κ2) is 5.45. The second-order valence-electron chi connectivity index (χ2n) is 4.47. The van der Waals surface area contributed by atoms with Gasteiger partial charge in [0.15, 0.2) is 0 Å². The van der Waals surface area contributed by atoms with Crippen LogP contribution in [0.15, 0.2) is 35.7 Å². The molecule has 7 heteroatoms. The number of hydrogen-bond donors (Lipinski definition) is 3. The number of carboxylic acids is 1. The molecule has 2 amide bonds. The van der Waals surface area contributed by atoms with E-state index in [0.29, 0.717) is 11.6 Å². The van der Waals surface area contributed by atoms with Gasteiger partial charge in [0, 0.05) is 5.56 Å². The third-order valence-electron chi connectivity index (χ3n) is 3.13. The number of carboxylic acid groups (broad SMARTS) is 1. The number of aromatic carboxylic acids is 1. The molecule has 1 unspecified atom stereocenters. The first kappa shape index (κ1) is 13.4. The van der Waals surface area contributed by atoms with E-state index in [4.69, 9.17) is 9.84 Å². The number of anilines is 1. The molecule has 0 radical (unpaired) electrons.